The summed E-state index contributed by atoms with van der Waals surface area (Å²) in [6, 6.07) is -1.11. The number of hydrogen-bond acceptors (Lipinski definition) is 6. The van der Waals surface area contributed by atoms with Crippen LogP contribution in [-0.4, -0.2) is 40.0 Å². The van der Waals surface area contributed by atoms with Crippen molar-refractivity contribution in [3.63, 3.8) is 0 Å². The number of amides is 1. The summed E-state index contributed by atoms with van der Waals surface area (Å²) in [6.07, 6.45) is -0.167. The van der Waals surface area contributed by atoms with Gasteiger partial charge in [0.1, 0.15) is 12.1 Å². The Balaban J connectivity index is 4.31. The van der Waals surface area contributed by atoms with E-state index >= 15 is 0 Å². The van der Waals surface area contributed by atoms with Crippen molar-refractivity contribution in [2.45, 2.75) is 38.3 Å². The minimum atomic E-state index is -1.21. The molecule has 1 amide bonds. The zero-order valence-corrected chi connectivity index (χ0v) is 10.8. The average Bonchev–Trinajstić information content (AvgIpc) is 2.24. The molecular weight excluding hydrogens is 264 g/mol. The van der Waals surface area contributed by atoms with Gasteiger partial charge in [-0.2, -0.15) is 12.6 Å². The maximum Gasteiger partial charge on any atom is 0.327 e. The molecule has 2 atom stereocenters. The van der Waals surface area contributed by atoms with Crippen LogP contribution in [-0.2, 0) is 14.4 Å². The fourth-order valence-electron chi connectivity index (χ4n) is 1.28. The first-order chi connectivity index (χ1) is 8.40. The molecule has 0 aliphatic heterocycles. The van der Waals surface area contributed by atoms with Crippen molar-refractivity contribution in [2.75, 3.05) is 5.75 Å². The number of rotatable bonds is 9. The van der Waals surface area contributed by atoms with Crippen LogP contribution in [0, 0.1) is 10.1 Å². The molecule has 8 nitrogen and oxygen atoms in total. The Morgan fingerprint density at radius 3 is 2.56 bits per heavy atom. The van der Waals surface area contributed by atoms with Crippen molar-refractivity contribution in [1.29, 1.82) is 0 Å². The Morgan fingerprint density at radius 1 is 1.56 bits per heavy atom. The van der Waals surface area contributed by atoms with E-state index in [2.05, 4.69) is 22.8 Å². The lowest BCUT2D eigenvalue weighted by atomic mass is 10.1. The standard InChI is InChI=1S/C9H16N2O6S/c1-2-3-6(17-11(15)16)4-8(12)10-7(5-18)9(13)14/h6-7,18H,2-5H2,1H3,(H,10,12)(H,13,14). The van der Waals surface area contributed by atoms with E-state index in [0.29, 0.717) is 12.8 Å². The van der Waals surface area contributed by atoms with Crippen LogP contribution in [0.15, 0.2) is 0 Å². The molecule has 0 fully saturated rings. The number of aliphatic carboxylic acids is 1. The number of nitrogens with one attached hydrogen (secondary N) is 1. The highest BCUT2D eigenvalue weighted by Crippen LogP contribution is 2.07. The summed E-state index contributed by atoms with van der Waals surface area (Å²) in [5, 5.41) is 20.2. The lowest BCUT2D eigenvalue weighted by Gasteiger charge is -2.16. The molecule has 0 aromatic carbocycles. The lowest BCUT2D eigenvalue weighted by molar-refractivity contribution is -0.768. The highest BCUT2D eigenvalue weighted by Gasteiger charge is 2.22. The summed E-state index contributed by atoms with van der Waals surface area (Å²) < 4.78 is 0. The van der Waals surface area contributed by atoms with Crippen molar-refractivity contribution in [3.8, 4) is 0 Å². The largest absolute Gasteiger partial charge is 0.480 e. The summed E-state index contributed by atoms with van der Waals surface area (Å²) in [4.78, 5) is 36.7. The fourth-order valence-corrected chi connectivity index (χ4v) is 1.53. The van der Waals surface area contributed by atoms with E-state index in [0.717, 1.165) is 0 Å². The first-order valence-corrected chi connectivity index (χ1v) is 5.98. The van der Waals surface area contributed by atoms with Crippen molar-refractivity contribution >= 4 is 24.5 Å². The third-order valence-electron chi connectivity index (χ3n) is 2.07. The summed E-state index contributed by atoms with van der Waals surface area (Å²) in [7, 11) is 0. The first kappa shape index (κ1) is 16.5. The predicted molar refractivity (Wildman–Crippen MR) is 64.8 cm³/mol. The van der Waals surface area contributed by atoms with Crippen LogP contribution >= 0.6 is 12.6 Å². The highest BCUT2D eigenvalue weighted by atomic mass is 32.1. The molecule has 0 radical (unpaired) electrons. The highest BCUT2D eigenvalue weighted by molar-refractivity contribution is 7.80. The molecule has 0 rings (SSSR count). The number of hydrogen-bond donors (Lipinski definition) is 3. The number of nitrogens with zero attached hydrogens (tertiary/aromatic N) is 1. The van der Waals surface area contributed by atoms with Crippen molar-refractivity contribution in [1.82, 2.24) is 5.32 Å². The minimum Gasteiger partial charge on any atom is -0.480 e. The minimum absolute atomic E-state index is 0.0599. The normalized spacial score (nSPS) is 13.4. The number of carbonyl (C=O) groups is 2. The van der Waals surface area contributed by atoms with Gasteiger partial charge in [-0.25, -0.2) is 4.79 Å². The van der Waals surface area contributed by atoms with Gasteiger partial charge < -0.3 is 15.3 Å². The monoisotopic (exact) mass is 280 g/mol. The maximum atomic E-state index is 11.5. The summed E-state index contributed by atoms with van der Waals surface area (Å²) in [5.41, 5.74) is 0. The number of carboxylic acids is 1. The Labute approximate surface area is 109 Å². The van der Waals surface area contributed by atoms with Gasteiger partial charge in [0, 0.05) is 5.75 Å². The molecule has 18 heavy (non-hydrogen) atoms. The molecule has 0 bridgehead atoms. The van der Waals surface area contributed by atoms with Gasteiger partial charge in [-0.15, -0.1) is 10.1 Å². The number of carboxylic acid groups (broad SMARTS) is 1. The van der Waals surface area contributed by atoms with E-state index in [1.807, 2.05) is 0 Å². The fraction of sp³-hybridized carbons (Fsp3) is 0.778. The average molecular weight is 280 g/mol. The molecule has 2 unspecified atom stereocenters. The van der Waals surface area contributed by atoms with E-state index in [1.165, 1.54) is 0 Å². The molecule has 0 heterocycles. The van der Waals surface area contributed by atoms with Crippen LogP contribution in [0.4, 0.5) is 0 Å². The van der Waals surface area contributed by atoms with Crippen LogP contribution in [0.25, 0.3) is 0 Å². The number of thiol groups is 1. The third-order valence-corrected chi connectivity index (χ3v) is 2.44. The van der Waals surface area contributed by atoms with Gasteiger partial charge in [0.25, 0.3) is 5.09 Å². The van der Waals surface area contributed by atoms with Gasteiger partial charge in [0.2, 0.25) is 5.91 Å². The topological polar surface area (TPSA) is 119 Å². The second kappa shape index (κ2) is 8.56. The van der Waals surface area contributed by atoms with Gasteiger partial charge in [-0.05, 0) is 6.42 Å². The van der Waals surface area contributed by atoms with Crippen LogP contribution in [0.3, 0.4) is 0 Å². The molecule has 0 aromatic rings. The van der Waals surface area contributed by atoms with E-state index in [-0.39, 0.29) is 12.2 Å². The molecule has 0 spiro atoms. The zero-order valence-electron chi connectivity index (χ0n) is 9.87. The zero-order chi connectivity index (χ0) is 14.1. The van der Waals surface area contributed by atoms with E-state index in [9.17, 15) is 19.7 Å². The maximum absolute atomic E-state index is 11.5. The molecular formula is C9H16N2O6S. The van der Waals surface area contributed by atoms with Gasteiger partial charge in [-0.1, -0.05) is 13.3 Å². The lowest BCUT2D eigenvalue weighted by Crippen LogP contribution is -2.43. The molecule has 0 aliphatic carbocycles. The quantitative estimate of drug-likeness (QED) is 0.316. The van der Waals surface area contributed by atoms with Gasteiger partial charge in [-0.3, -0.25) is 4.79 Å². The summed E-state index contributed by atoms with van der Waals surface area (Å²) >= 11 is 3.78. The second-order valence-electron chi connectivity index (χ2n) is 3.58. The van der Waals surface area contributed by atoms with Crippen LogP contribution in [0.1, 0.15) is 26.2 Å². The summed E-state index contributed by atoms with van der Waals surface area (Å²) in [6.45, 7) is 1.79. The van der Waals surface area contributed by atoms with E-state index in [1.54, 1.807) is 6.92 Å². The van der Waals surface area contributed by atoms with Crippen LogP contribution in [0.5, 0.6) is 0 Å². The SMILES string of the molecule is CCCC(CC(=O)NC(CS)C(=O)O)O[N+](=O)[O-]. The molecule has 104 valence electrons. The van der Waals surface area contributed by atoms with Crippen molar-refractivity contribution in [3.05, 3.63) is 10.1 Å². The van der Waals surface area contributed by atoms with Gasteiger partial charge in [0.15, 0.2) is 0 Å². The molecule has 0 aliphatic rings. The molecule has 2 N–H and O–H groups in total. The van der Waals surface area contributed by atoms with E-state index in [4.69, 9.17) is 5.11 Å². The predicted octanol–water partition coefficient (Wildman–Crippen LogP) is 0.253. The smallest absolute Gasteiger partial charge is 0.327 e. The van der Waals surface area contributed by atoms with Crippen molar-refractivity contribution in [2.24, 2.45) is 0 Å². The number of carbonyl (C=O) groups excluding carboxylic acids is 1. The molecule has 0 saturated heterocycles. The van der Waals surface area contributed by atoms with E-state index < -0.39 is 29.1 Å². The van der Waals surface area contributed by atoms with Crippen molar-refractivity contribution < 1.29 is 24.6 Å². The third kappa shape index (κ3) is 6.94. The Morgan fingerprint density at radius 2 is 2.17 bits per heavy atom. The van der Waals surface area contributed by atoms with Crippen LogP contribution in [0.2, 0.25) is 0 Å². The summed E-state index contributed by atoms with van der Waals surface area (Å²) in [5.74, 6) is -1.88. The molecule has 0 saturated carbocycles. The first-order valence-electron chi connectivity index (χ1n) is 5.34. The molecule has 9 heteroatoms. The molecule has 0 aromatic heterocycles. The Kier molecular flexibility index (Phi) is 7.84. The van der Waals surface area contributed by atoms with Gasteiger partial charge >= 0.3 is 5.97 Å². The second-order valence-corrected chi connectivity index (χ2v) is 3.95. The Bertz CT molecular complexity index is 311. The van der Waals surface area contributed by atoms with Crippen LogP contribution < -0.4 is 5.32 Å². The Hall–Kier alpha value is -1.51. The van der Waals surface area contributed by atoms with Gasteiger partial charge in [0.05, 0.1) is 6.42 Å².